The molecular formula is C17H16N2O2. The molecule has 2 N–H and O–H groups in total. The minimum Gasteiger partial charge on any atom is -0.491 e. The van der Waals surface area contributed by atoms with E-state index in [-0.39, 0.29) is 11.9 Å². The molecule has 0 fully saturated rings. The number of benzene rings is 2. The number of hydrogen-bond acceptors (Lipinski definition) is 3. The first-order valence-corrected chi connectivity index (χ1v) is 7.16. The highest BCUT2D eigenvalue weighted by Gasteiger charge is 2.22. The van der Waals surface area contributed by atoms with Gasteiger partial charge in [-0.05, 0) is 23.3 Å². The molecular weight excluding hydrogens is 264 g/mol. The summed E-state index contributed by atoms with van der Waals surface area (Å²) in [6.45, 7) is 2.00. The maximum absolute atomic E-state index is 11.6. The van der Waals surface area contributed by atoms with E-state index >= 15 is 0 Å². The van der Waals surface area contributed by atoms with Crippen molar-refractivity contribution in [3.63, 3.8) is 0 Å². The monoisotopic (exact) mass is 280 g/mol. The molecule has 21 heavy (non-hydrogen) atoms. The Labute approximate surface area is 123 Å². The summed E-state index contributed by atoms with van der Waals surface area (Å²) in [6.07, 6.45) is 0. The predicted molar refractivity (Wildman–Crippen MR) is 79.1 cm³/mol. The van der Waals surface area contributed by atoms with Gasteiger partial charge in [0.1, 0.15) is 12.4 Å². The predicted octanol–water partition coefficient (Wildman–Crippen LogP) is 2.15. The van der Waals surface area contributed by atoms with E-state index in [9.17, 15) is 4.79 Å². The van der Waals surface area contributed by atoms with Crippen LogP contribution in [0.4, 0.5) is 0 Å². The third kappa shape index (κ3) is 2.17. The van der Waals surface area contributed by atoms with E-state index < -0.39 is 0 Å². The van der Waals surface area contributed by atoms with Crippen molar-refractivity contribution < 1.29 is 9.53 Å². The Balaban J connectivity index is 1.60. The quantitative estimate of drug-likeness (QED) is 0.841. The number of carbonyl (C=O) groups is 1. The van der Waals surface area contributed by atoms with Gasteiger partial charge in [-0.25, -0.2) is 0 Å². The molecule has 1 atom stereocenters. The van der Waals surface area contributed by atoms with Gasteiger partial charge in [0.2, 0.25) is 0 Å². The number of amides is 1. The molecule has 2 heterocycles. The molecule has 106 valence electrons. The molecule has 1 amide bonds. The van der Waals surface area contributed by atoms with E-state index in [1.165, 1.54) is 5.56 Å². The molecule has 0 aromatic heterocycles. The number of fused-ring (bicyclic) bond motifs is 2. The van der Waals surface area contributed by atoms with Crippen LogP contribution in [0.3, 0.4) is 0 Å². The van der Waals surface area contributed by atoms with Crippen LogP contribution in [-0.2, 0) is 13.1 Å². The Morgan fingerprint density at radius 2 is 1.95 bits per heavy atom. The van der Waals surface area contributed by atoms with Crippen LogP contribution in [0.2, 0.25) is 0 Å². The van der Waals surface area contributed by atoms with Crippen LogP contribution in [-0.4, -0.2) is 12.5 Å². The van der Waals surface area contributed by atoms with E-state index in [0.29, 0.717) is 13.2 Å². The van der Waals surface area contributed by atoms with E-state index in [1.54, 1.807) is 0 Å². The lowest BCUT2D eigenvalue weighted by molar-refractivity contribution is 0.0966. The van der Waals surface area contributed by atoms with Crippen LogP contribution in [0.25, 0.3) is 0 Å². The lowest BCUT2D eigenvalue weighted by Crippen LogP contribution is -2.23. The Morgan fingerprint density at radius 1 is 1.05 bits per heavy atom. The summed E-state index contributed by atoms with van der Waals surface area (Å²) in [5.41, 5.74) is 4.20. The average Bonchev–Trinajstić information content (AvgIpc) is 2.76. The number of ether oxygens (including phenoxy) is 1. The number of nitrogens with one attached hydrogen (secondary N) is 2. The third-order valence-corrected chi connectivity index (χ3v) is 4.13. The number of hydrogen-bond donors (Lipinski definition) is 2. The van der Waals surface area contributed by atoms with Gasteiger partial charge in [0.15, 0.2) is 0 Å². The van der Waals surface area contributed by atoms with Crippen LogP contribution < -0.4 is 15.4 Å². The number of carbonyl (C=O) groups excluding carboxylic acids is 1. The topological polar surface area (TPSA) is 50.4 Å². The number of para-hydroxylation sites is 1. The molecule has 4 nitrogen and oxygen atoms in total. The fourth-order valence-electron chi connectivity index (χ4n) is 2.94. The van der Waals surface area contributed by atoms with Gasteiger partial charge in [-0.3, -0.25) is 4.79 Å². The van der Waals surface area contributed by atoms with Gasteiger partial charge in [0.05, 0.1) is 6.04 Å². The molecule has 0 spiro atoms. The van der Waals surface area contributed by atoms with Gasteiger partial charge < -0.3 is 15.4 Å². The van der Waals surface area contributed by atoms with Crippen LogP contribution in [0, 0.1) is 0 Å². The largest absolute Gasteiger partial charge is 0.491 e. The summed E-state index contributed by atoms with van der Waals surface area (Å²) in [6, 6.07) is 14.3. The van der Waals surface area contributed by atoms with Gasteiger partial charge in [-0.1, -0.05) is 30.3 Å². The second-order valence-corrected chi connectivity index (χ2v) is 5.45. The standard InChI is InChI=1S/C17H16N2O2/c20-17-14-6-5-11(7-13(14)9-19-17)15-10-21-16-4-2-1-3-12(16)8-18-15/h1-7,15,18H,8-10H2,(H,19,20). The van der Waals surface area contributed by atoms with Gasteiger partial charge in [-0.2, -0.15) is 0 Å². The van der Waals surface area contributed by atoms with Crippen molar-refractivity contribution in [2.75, 3.05) is 6.61 Å². The SMILES string of the molecule is O=C1NCc2cc(C3COc4ccccc4CN3)ccc21. The molecule has 0 bridgehead atoms. The molecule has 0 saturated carbocycles. The summed E-state index contributed by atoms with van der Waals surface area (Å²) in [5.74, 6) is 0.972. The Bertz CT molecular complexity index is 685. The summed E-state index contributed by atoms with van der Waals surface area (Å²) < 4.78 is 5.91. The minimum absolute atomic E-state index is 0.0223. The van der Waals surface area contributed by atoms with Crippen molar-refractivity contribution >= 4 is 5.91 Å². The first-order valence-electron chi connectivity index (χ1n) is 7.16. The Kier molecular flexibility index (Phi) is 2.89. The Hall–Kier alpha value is -2.33. The molecule has 0 radical (unpaired) electrons. The zero-order valence-electron chi connectivity index (χ0n) is 11.6. The third-order valence-electron chi connectivity index (χ3n) is 4.13. The van der Waals surface area contributed by atoms with E-state index in [1.807, 2.05) is 30.3 Å². The van der Waals surface area contributed by atoms with Crippen LogP contribution in [0.5, 0.6) is 5.75 Å². The molecule has 0 saturated heterocycles. The maximum atomic E-state index is 11.6. The zero-order valence-corrected chi connectivity index (χ0v) is 11.6. The highest BCUT2D eigenvalue weighted by atomic mass is 16.5. The van der Waals surface area contributed by atoms with Gasteiger partial charge in [0.25, 0.3) is 5.91 Å². The summed E-state index contributed by atoms with van der Waals surface area (Å²) in [4.78, 5) is 11.6. The summed E-state index contributed by atoms with van der Waals surface area (Å²) >= 11 is 0. The van der Waals surface area contributed by atoms with Crippen LogP contribution >= 0.6 is 0 Å². The minimum atomic E-state index is 0.0223. The first kappa shape index (κ1) is 12.4. The smallest absolute Gasteiger partial charge is 0.251 e. The van der Waals surface area contributed by atoms with Crippen molar-refractivity contribution in [2.45, 2.75) is 19.1 Å². The first-order chi connectivity index (χ1) is 10.3. The Morgan fingerprint density at radius 3 is 2.90 bits per heavy atom. The fraction of sp³-hybridized carbons (Fsp3) is 0.235. The lowest BCUT2D eigenvalue weighted by Gasteiger charge is -2.16. The van der Waals surface area contributed by atoms with Crippen molar-refractivity contribution in [1.82, 2.24) is 10.6 Å². The molecule has 1 unspecified atom stereocenters. The summed E-state index contributed by atoms with van der Waals surface area (Å²) in [5, 5.41) is 6.38. The summed E-state index contributed by atoms with van der Waals surface area (Å²) in [7, 11) is 0. The van der Waals surface area contributed by atoms with E-state index in [0.717, 1.165) is 29.0 Å². The molecule has 4 heteroatoms. The molecule has 2 aliphatic rings. The second-order valence-electron chi connectivity index (χ2n) is 5.45. The van der Waals surface area contributed by atoms with Crippen molar-refractivity contribution in [1.29, 1.82) is 0 Å². The van der Waals surface area contributed by atoms with Crippen molar-refractivity contribution in [3.8, 4) is 5.75 Å². The van der Waals surface area contributed by atoms with Crippen LogP contribution in [0.1, 0.15) is 33.1 Å². The molecule has 4 rings (SSSR count). The molecule has 2 aromatic carbocycles. The van der Waals surface area contributed by atoms with E-state index in [2.05, 4.69) is 22.8 Å². The molecule has 2 aromatic rings. The zero-order chi connectivity index (χ0) is 14.2. The van der Waals surface area contributed by atoms with Gasteiger partial charge >= 0.3 is 0 Å². The van der Waals surface area contributed by atoms with Crippen LogP contribution in [0.15, 0.2) is 42.5 Å². The second kappa shape index (κ2) is 4.90. The van der Waals surface area contributed by atoms with Crippen molar-refractivity contribution in [3.05, 3.63) is 64.7 Å². The lowest BCUT2D eigenvalue weighted by atomic mass is 10.0. The fourth-order valence-corrected chi connectivity index (χ4v) is 2.94. The molecule has 0 aliphatic carbocycles. The highest BCUT2D eigenvalue weighted by Crippen LogP contribution is 2.27. The van der Waals surface area contributed by atoms with Gasteiger partial charge in [0, 0.05) is 24.2 Å². The van der Waals surface area contributed by atoms with E-state index in [4.69, 9.17) is 4.74 Å². The van der Waals surface area contributed by atoms with Gasteiger partial charge in [-0.15, -0.1) is 0 Å². The maximum Gasteiger partial charge on any atom is 0.251 e. The van der Waals surface area contributed by atoms with Crippen molar-refractivity contribution in [2.24, 2.45) is 0 Å². The average molecular weight is 280 g/mol. The number of rotatable bonds is 1. The normalized spacial score (nSPS) is 20.0. The highest BCUT2D eigenvalue weighted by molar-refractivity contribution is 5.98. The molecule has 2 aliphatic heterocycles.